The third-order valence-corrected chi connectivity index (χ3v) is 7.06. The summed E-state index contributed by atoms with van der Waals surface area (Å²) in [6.45, 7) is 7.78. The fourth-order valence-electron chi connectivity index (χ4n) is 4.85. The van der Waals surface area contributed by atoms with Gasteiger partial charge in [0.05, 0.1) is 20.1 Å². The Labute approximate surface area is 226 Å². The van der Waals surface area contributed by atoms with Gasteiger partial charge in [-0.25, -0.2) is 9.37 Å². The van der Waals surface area contributed by atoms with Crippen LogP contribution in [0.3, 0.4) is 0 Å². The molecule has 0 fully saturated rings. The highest BCUT2D eigenvalue weighted by Gasteiger charge is 2.24. The molecule has 1 atom stereocenters. The molecule has 1 aromatic heterocycles. The molecule has 0 saturated heterocycles. The van der Waals surface area contributed by atoms with E-state index in [-0.39, 0.29) is 12.2 Å². The van der Waals surface area contributed by atoms with E-state index in [0.717, 1.165) is 63.0 Å². The standard InChI is InChI=1S/C30H44FN3O4/c1-22(2)14-18-38-19-17-34(27(21-29(35)36)24-11-13-28(37-3)26(31)20-24)16-6-4-5-9-25-12-10-23-8-7-15-32-30(23)33-25/h10-13,20,22,27H,4-9,14-19,21H2,1-3H3,(H,32,33)(H,35,36)/t27-/m0/s1. The first-order valence-electron chi connectivity index (χ1n) is 14.0. The van der Waals surface area contributed by atoms with E-state index in [1.807, 2.05) is 0 Å². The number of rotatable bonds is 17. The lowest BCUT2D eigenvalue weighted by molar-refractivity contribution is -0.138. The molecule has 0 aliphatic carbocycles. The van der Waals surface area contributed by atoms with Crippen molar-refractivity contribution in [3.05, 3.63) is 53.0 Å². The van der Waals surface area contributed by atoms with Gasteiger partial charge in [-0.15, -0.1) is 0 Å². The predicted octanol–water partition coefficient (Wildman–Crippen LogP) is 5.88. The molecule has 2 N–H and O–H groups in total. The smallest absolute Gasteiger partial charge is 0.305 e. The van der Waals surface area contributed by atoms with E-state index in [2.05, 4.69) is 36.2 Å². The van der Waals surface area contributed by atoms with Gasteiger partial charge in [-0.1, -0.05) is 32.4 Å². The van der Waals surface area contributed by atoms with Crippen molar-refractivity contribution in [2.45, 2.75) is 71.3 Å². The second-order valence-corrected chi connectivity index (χ2v) is 10.5. The molecule has 0 saturated carbocycles. The number of carboxylic acids is 1. The molecule has 210 valence electrons. The Bertz CT molecular complexity index is 1020. The number of pyridine rings is 1. The first-order chi connectivity index (χ1) is 18.4. The Morgan fingerprint density at radius 2 is 2.00 bits per heavy atom. The monoisotopic (exact) mass is 529 g/mol. The zero-order valence-corrected chi connectivity index (χ0v) is 23.2. The number of aromatic nitrogens is 1. The number of nitrogens with zero attached hydrogens (tertiary/aromatic N) is 2. The topological polar surface area (TPSA) is 83.9 Å². The van der Waals surface area contributed by atoms with Crippen LogP contribution in [0.25, 0.3) is 0 Å². The molecule has 2 aromatic rings. The van der Waals surface area contributed by atoms with Crippen molar-refractivity contribution in [2.24, 2.45) is 5.92 Å². The van der Waals surface area contributed by atoms with Crippen LogP contribution in [-0.4, -0.2) is 60.9 Å². The highest BCUT2D eigenvalue weighted by molar-refractivity contribution is 5.68. The molecule has 3 rings (SSSR count). The van der Waals surface area contributed by atoms with Gasteiger partial charge in [0.15, 0.2) is 11.6 Å². The molecule has 0 amide bonds. The van der Waals surface area contributed by atoms with Gasteiger partial charge < -0.3 is 19.9 Å². The molecule has 2 heterocycles. The number of hydrogen-bond acceptors (Lipinski definition) is 6. The van der Waals surface area contributed by atoms with E-state index >= 15 is 0 Å². The Morgan fingerprint density at radius 3 is 2.74 bits per heavy atom. The summed E-state index contributed by atoms with van der Waals surface area (Å²) < 4.78 is 25.4. The predicted molar refractivity (Wildman–Crippen MR) is 148 cm³/mol. The summed E-state index contributed by atoms with van der Waals surface area (Å²) in [6, 6.07) is 8.60. The van der Waals surface area contributed by atoms with E-state index in [1.165, 1.54) is 18.7 Å². The number of methoxy groups -OCH3 is 1. The quantitative estimate of drug-likeness (QED) is 0.248. The van der Waals surface area contributed by atoms with Crippen LogP contribution in [0, 0.1) is 11.7 Å². The number of unbranched alkanes of at least 4 members (excludes halogenated alkanes) is 2. The van der Waals surface area contributed by atoms with Crippen LogP contribution >= 0.6 is 0 Å². The number of benzene rings is 1. The van der Waals surface area contributed by atoms with Gasteiger partial charge in [0.1, 0.15) is 5.82 Å². The fourth-order valence-corrected chi connectivity index (χ4v) is 4.85. The van der Waals surface area contributed by atoms with Crippen LogP contribution in [0.2, 0.25) is 0 Å². The van der Waals surface area contributed by atoms with Crippen LogP contribution in [0.15, 0.2) is 30.3 Å². The number of aryl methyl sites for hydroxylation is 2. The van der Waals surface area contributed by atoms with Crippen LogP contribution in [-0.2, 0) is 22.4 Å². The zero-order chi connectivity index (χ0) is 27.3. The fraction of sp³-hybridized carbons (Fsp3) is 0.600. The molecule has 1 aliphatic rings. The molecule has 0 spiro atoms. The van der Waals surface area contributed by atoms with E-state index < -0.39 is 17.8 Å². The molecule has 38 heavy (non-hydrogen) atoms. The maximum Gasteiger partial charge on any atom is 0.305 e. The maximum atomic E-state index is 14.5. The summed E-state index contributed by atoms with van der Waals surface area (Å²) >= 11 is 0. The Morgan fingerprint density at radius 1 is 1.16 bits per heavy atom. The van der Waals surface area contributed by atoms with Crippen molar-refractivity contribution in [3.63, 3.8) is 0 Å². The number of carbonyl (C=O) groups is 1. The SMILES string of the molecule is COc1ccc([C@H](CC(=O)O)N(CCCCCc2ccc3c(n2)NCCC3)CCOCCC(C)C)cc1F. The second-order valence-electron chi connectivity index (χ2n) is 10.5. The van der Waals surface area contributed by atoms with Gasteiger partial charge in [-0.2, -0.15) is 0 Å². The largest absolute Gasteiger partial charge is 0.494 e. The molecular weight excluding hydrogens is 485 g/mol. The van der Waals surface area contributed by atoms with Crippen molar-refractivity contribution in [3.8, 4) is 5.75 Å². The lowest BCUT2D eigenvalue weighted by Gasteiger charge is -2.31. The summed E-state index contributed by atoms with van der Waals surface area (Å²) in [5, 5.41) is 13.1. The number of carboxylic acid groups (broad SMARTS) is 1. The number of halogens is 1. The number of aliphatic carboxylic acids is 1. The van der Waals surface area contributed by atoms with Gasteiger partial charge in [0.25, 0.3) is 0 Å². The normalized spacial score (nSPS) is 13.8. The molecule has 8 heteroatoms. The number of ether oxygens (including phenoxy) is 2. The van der Waals surface area contributed by atoms with Crippen LogP contribution in [0.4, 0.5) is 10.2 Å². The van der Waals surface area contributed by atoms with E-state index in [9.17, 15) is 14.3 Å². The van der Waals surface area contributed by atoms with Crippen molar-refractivity contribution >= 4 is 11.8 Å². The van der Waals surface area contributed by atoms with Gasteiger partial charge >= 0.3 is 5.97 Å². The summed E-state index contributed by atoms with van der Waals surface area (Å²) in [5.74, 6) is 0.344. The Kier molecular flexibility index (Phi) is 12.3. The summed E-state index contributed by atoms with van der Waals surface area (Å²) in [4.78, 5) is 18.7. The van der Waals surface area contributed by atoms with Gasteiger partial charge in [0, 0.05) is 31.4 Å². The van der Waals surface area contributed by atoms with Crippen molar-refractivity contribution in [1.82, 2.24) is 9.88 Å². The first-order valence-corrected chi connectivity index (χ1v) is 14.0. The molecule has 1 aromatic carbocycles. The van der Waals surface area contributed by atoms with Crippen LogP contribution in [0.1, 0.15) is 75.2 Å². The second kappa shape index (κ2) is 15.6. The third kappa shape index (κ3) is 9.55. The molecular formula is C30H44FN3O4. The van der Waals surface area contributed by atoms with Crippen molar-refractivity contribution < 1.29 is 23.8 Å². The number of anilines is 1. The summed E-state index contributed by atoms with van der Waals surface area (Å²) in [5.41, 5.74) is 3.04. The molecule has 0 bridgehead atoms. The summed E-state index contributed by atoms with van der Waals surface area (Å²) in [7, 11) is 1.42. The molecule has 7 nitrogen and oxygen atoms in total. The number of hydrogen-bond donors (Lipinski definition) is 2. The number of fused-ring (bicyclic) bond motifs is 1. The van der Waals surface area contributed by atoms with Crippen molar-refractivity contribution in [1.29, 1.82) is 0 Å². The Balaban J connectivity index is 1.61. The number of nitrogens with one attached hydrogen (secondary N) is 1. The third-order valence-electron chi connectivity index (χ3n) is 7.06. The van der Waals surface area contributed by atoms with E-state index in [1.54, 1.807) is 12.1 Å². The average Bonchev–Trinajstić information content (AvgIpc) is 2.90. The minimum Gasteiger partial charge on any atom is -0.494 e. The van der Waals surface area contributed by atoms with Gasteiger partial charge in [0.2, 0.25) is 0 Å². The van der Waals surface area contributed by atoms with E-state index in [0.29, 0.717) is 37.8 Å². The van der Waals surface area contributed by atoms with Crippen LogP contribution in [0.5, 0.6) is 5.75 Å². The lowest BCUT2D eigenvalue weighted by atomic mass is 10.0. The molecule has 0 unspecified atom stereocenters. The van der Waals surface area contributed by atoms with Crippen molar-refractivity contribution in [2.75, 3.05) is 45.3 Å². The van der Waals surface area contributed by atoms with Gasteiger partial charge in [-0.3, -0.25) is 9.69 Å². The van der Waals surface area contributed by atoms with E-state index in [4.69, 9.17) is 14.5 Å². The first kappa shape index (κ1) is 29.8. The zero-order valence-electron chi connectivity index (χ0n) is 23.2. The summed E-state index contributed by atoms with van der Waals surface area (Å²) in [6.07, 6.45) is 6.93. The lowest BCUT2D eigenvalue weighted by Crippen LogP contribution is -2.34. The van der Waals surface area contributed by atoms with Crippen LogP contribution < -0.4 is 10.1 Å². The molecule has 1 aliphatic heterocycles. The molecule has 0 radical (unpaired) electrons. The highest BCUT2D eigenvalue weighted by Crippen LogP contribution is 2.29. The minimum atomic E-state index is -0.913. The average molecular weight is 530 g/mol. The van der Waals surface area contributed by atoms with Gasteiger partial charge in [-0.05, 0) is 80.3 Å². The highest BCUT2D eigenvalue weighted by atomic mass is 19.1. The Hall–Kier alpha value is -2.71. The maximum absolute atomic E-state index is 14.5. The minimum absolute atomic E-state index is 0.107.